The number of nitrogens with two attached hydrogens (primary N) is 1. The second-order valence-electron chi connectivity index (χ2n) is 5.25. The molecule has 1 amide bonds. The largest absolute Gasteiger partial charge is 0.350 e. The molecule has 0 aliphatic carbocycles. The number of rotatable bonds is 5. The van der Waals surface area contributed by atoms with Crippen LogP contribution in [-0.4, -0.2) is 11.4 Å². The lowest BCUT2D eigenvalue weighted by Crippen LogP contribution is -2.52. The fraction of sp³-hybridized carbons (Fsp3) is 0.235. The third-order valence-electron chi connectivity index (χ3n) is 3.23. The minimum absolute atomic E-state index is 0.134. The van der Waals surface area contributed by atoms with Crippen molar-refractivity contribution in [3.8, 4) is 0 Å². The van der Waals surface area contributed by atoms with Gasteiger partial charge in [0, 0.05) is 6.54 Å². The van der Waals surface area contributed by atoms with Crippen LogP contribution in [0.2, 0.25) is 0 Å². The van der Waals surface area contributed by atoms with Gasteiger partial charge in [-0.25, -0.2) is 0 Å². The predicted molar refractivity (Wildman–Crippen MR) is 81.0 cm³/mol. The summed E-state index contributed by atoms with van der Waals surface area (Å²) in [5, 5.41) is 2.90. The van der Waals surface area contributed by atoms with E-state index in [0.717, 1.165) is 11.1 Å². The van der Waals surface area contributed by atoms with E-state index in [1.165, 1.54) is 0 Å². The van der Waals surface area contributed by atoms with E-state index in [1.807, 2.05) is 60.7 Å². The molecule has 3 nitrogen and oxygen atoms in total. The van der Waals surface area contributed by atoms with Crippen molar-refractivity contribution in [3.63, 3.8) is 0 Å². The fourth-order valence-corrected chi connectivity index (χ4v) is 2.08. The first kappa shape index (κ1) is 14.3. The Bertz CT molecular complexity index is 550. The highest BCUT2D eigenvalue weighted by Crippen LogP contribution is 2.11. The topological polar surface area (TPSA) is 55.1 Å². The van der Waals surface area contributed by atoms with Gasteiger partial charge in [-0.15, -0.1) is 0 Å². The van der Waals surface area contributed by atoms with Gasteiger partial charge in [-0.05, 0) is 24.5 Å². The van der Waals surface area contributed by atoms with Crippen LogP contribution in [0.4, 0.5) is 0 Å². The number of carbonyl (C=O) groups is 1. The molecule has 2 aromatic rings. The third kappa shape index (κ3) is 3.93. The monoisotopic (exact) mass is 268 g/mol. The van der Waals surface area contributed by atoms with E-state index in [2.05, 4.69) is 5.32 Å². The van der Waals surface area contributed by atoms with E-state index in [9.17, 15) is 4.79 Å². The molecule has 2 aromatic carbocycles. The third-order valence-corrected chi connectivity index (χ3v) is 3.23. The van der Waals surface area contributed by atoms with Gasteiger partial charge in [-0.2, -0.15) is 0 Å². The number of nitrogens with one attached hydrogen (secondary N) is 1. The number of hydrogen-bond donors (Lipinski definition) is 2. The zero-order valence-electron chi connectivity index (χ0n) is 11.7. The summed E-state index contributed by atoms with van der Waals surface area (Å²) >= 11 is 0. The maximum atomic E-state index is 12.2. The maximum Gasteiger partial charge on any atom is 0.240 e. The zero-order chi connectivity index (χ0) is 14.4. The maximum absolute atomic E-state index is 12.2. The first-order chi connectivity index (χ1) is 9.58. The Morgan fingerprint density at radius 2 is 1.50 bits per heavy atom. The first-order valence-electron chi connectivity index (χ1n) is 6.73. The molecule has 0 fully saturated rings. The van der Waals surface area contributed by atoms with Gasteiger partial charge in [0.25, 0.3) is 0 Å². The van der Waals surface area contributed by atoms with Gasteiger partial charge in [-0.3, -0.25) is 4.79 Å². The van der Waals surface area contributed by atoms with Crippen molar-refractivity contribution in [2.45, 2.75) is 25.4 Å². The van der Waals surface area contributed by atoms with Crippen LogP contribution in [0, 0.1) is 0 Å². The Morgan fingerprint density at radius 3 is 2.05 bits per heavy atom. The standard InChI is InChI=1S/C17H20N2O/c1-17(18,12-14-8-4-2-5-9-14)16(20)19-13-15-10-6-3-7-11-15/h2-11H,12-13,18H2,1H3,(H,19,20)/t17-/m0/s1. The van der Waals surface area contributed by atoms with Gasteiger partial charge in [0.2, 0.25) is 5.91 Å². The summed E-state index contributed by atoms with van der Waals surface area (Å²) in [6.07, 6.45) is 0.522. The summed E-state index contributed by atoms with van der Waals surface area (Å²) in [5.41, 5.74) is 7.37. The average Bonchev–Trinajstić information content (AvgIpc) is 2.46. The molecule has 20 heavy (non-hydrogen) atoms. The van der Waals surface area contributed by atoms with Crippen molar-refractivity contribution in [2.24, 2.45) is 5.73 Å². The molecular formula is C17H20N2O. The van der Waals surface area contributed by atoms with Gasteiger partial charge in [-0.1, -0.05) is 60.7 Å². The van der Waals surface area contributed by atoms with E-state index in [0.29, 0.717) is 13.0 Å². The molecule has 1 atom stereocenters. The Hall–Kier alpha value is -2.13. The fourth-order valence-electron chi connectivity index (χ4n) is 2.08. The molecule has 0 unspecified atom stereocenters. The van der Waals surface area contributed by atoms with Gasteiger partial charge in [0.15, 0.2) is 0 Å². The van der Waals surface area contributed by atoms with Crippen LogP contribution in [0.15, 0.2) is 60.7 Å². The lowest BCUT2D eigenvalue weighted by atomic mass is 9.93. The zero-order valence-corrected chi connectivity index (χ0v) is 11.7. The molecule has 0 aromatic heterocycles. The molecule has 0 aliphatic heterocycles. The van der Waals surface area contributed by atoms with Crippen molar-refractivity contribution in [2.75, 3.05) is 0 Å². The van der Waals surface area contributed by atoms with Crippen molar-refractivity contribution in [3.05, 3.63) is 71.8 Å². The van der Waals surface area contributed by atoms with Gasteiger partial charge in [0.05, 0.1) is 5.54 Å². The molecule has 0 radical (unpaired) electrons. The summed E-state index contributed by atoms with van der Waals surface area (Å²) in [5.74, 6) is -0.134. The molecule has 0 bridgehead atoms. The van der Waals surface area contributed by atoms with Crippen LogP contribution in [-0.2, 0) is 17.8 Å². The molecule has 0 heterocycles. The smallest absolute Gasteiger partial charge is 0.240 e. The number of amides is 1. The van der Waals surface area contributed by atoms with Crippen molar-refractivity contribution in [1.29, 1.82) is 0 Å². The van der Waals surface area contributed by atoms with Crippen LogP contribution >= 0.6 is 0 Å². The molecule has 0 spiro atoms. The summed E-state index contributed by atoms with van der Waals surface area (Å²) in [6.45, 7) is 2.27. The Balaban J connectivity index is 1.93. The minimum Gasteiger partial charge on any atom is -0.350 e. The van der Waals surface area contributed by atoms with Crippen LogP contribution < -0.4 is 11.1 Å². The van der Waals surface area contributed by atoms with Gasteiger partial charge in [0.1, 0.15) is 0 Å². The molecule has 0 saturated carbocycles. The number of hydrogen-bond acceptors (Lipinski definition) is 2. The highest BCUT2D eigenvalue weighted by Gasteiger charge is 2.28. The minimum atomic E-state index is -0.907. The molecule has 0 saturated heterocycles. The quantitative estimate of drug-likeness (QED) is 0.874. The Labute approximate surface area is 119 Å². The Morgan fingerprint density at radius 1 is 1.00 bits per heavy atom. The van der Waals surface area contributed by atoms with E-state index in [-0.39, 0.29) is 5.91 Å². The van der Waals surface area contributed by atoms with Crippen LogP contribution in [0.3, 0.4) is 0 Å². The second kappa shape index (κ2) is 6.35. The number of carbonyl (C=O) groups excluding carboxylic acids is 1. The van der Waals surface area contributed by atoms with E-state index in [1.54, 1.807) is 6.92 Å². The van der Waals surface area contributed by atoms with Crippen LogP contribution in [0.5, 0.6) is 0 Å². The average molecular weight is 268 g/mol. The summed E-state index contributed by atoms with van der Waals surface area (Å²) < 4.78 is 0. The van der Waals surface area contributed by atoms with Gasteiger partial charge < -0.3 is 11.1 Å². The predicted octanol–water partition coefficient (Wildman–Crippen LogP) is 2.26. The molecule has 2 rings (SSSR count). The summed E-state index contributed by atoms with van der Waals surface area (Å²) in [4.78, 5) is 12.2. The van der Waals surface area contributed by atoms with E-state index < -0.39 is 5.54 Å². The van der Waals surface area contributed by atoms with E-state index in [4.69, 9.17) is 5.73 Å². The lowest BCUT2D eigenvalue weighted by molar-refractivity contribution is -0.125. The van der Waals surface area contributed by atoms with Crippen LogP contribution in [0.1, 0.15) is 18.1 Å². The molecule has 104 valence electrons. The highest BCUT2D eigenvalue weighted by atomic mass is 16.2. The highest BCUT2D eigenvalue weighted by molar-refractivity contribution is 5.85. The first-order valence-corrected chi connectivity index (χ1v) is 6.73. The SMILES string of the molecule is C[C@](N)(Cc1ccccc1)C(=O)NCc1ccccc1. The van der Waals surface area contributed by atoms with Gasteiger partial charge >= 0.3 is 0 Å². The summed E-state index contributed by atoms with van der Waals surface area (Å²) in [6, 6.07) is 19.6. The van der Waals surface area contributed by atoms with E-state index >= 15 is 0 Å². The number of benzene rings is 2. The summed E-state index contributed by atoms with van der Waals surface area (Å²) in [7, 11) is 0. The Kier molecular flexibility index (Phi) is 4.53. The normalized spacial score (nSPS) is 13.5. The molecular weight excluding hydrogens is 248 g/mol. The van der Waals surface area contributed by atoms with Crippen molar-refractivity contribution < 1.29 is 4.79 Å². The molecule has 3 N–H and O–H groups in total. The second-order valence-corrected chi connectivity index (χ2v) is 5.25. The lowest BCUT2D eigenvalue weighted by Gasteiger charge is -2.23. The van der Waals surface area contributed by atoms with Crippen molar-refractivity contribution in [1.82, 2.24) is 5.32 Å². The van der Waals surface area contributed by atoms with Crippen LogP contribution in [0.25, 0.3) is 0 Å². The molecule has 0 aliphatic rings. The van der Waals surface area contributed by atoms with Crippen molar-refractivity contribution >= 4 is 5.91 Å². The molecule has 3 heteroatoms.